The predicted octanol–water partition coefficient (Wildman–Crippen LogP) is 1.98. The lowest BCUT2D eigenvalue weighted by molar-refractivity contribution is 0.178. The zero-order valence-electron chi connectivity index (χ0n) is 9.09. The first-order valence-electron chi connectivity index (χ1n) is 4.42. The number of hydrogen-bond donors (Lipinski definition) is 0. The molecule has 72 valence electrons. The minimum Gasteiger partial charge on any atom is -0.497 e. The molecule has 0 heterocycles. The van der Waals surface area contributed by atoms with E-state index in [-0.39, 0.29) is 0 Å². The molecule has 1 rings (SSSR count). The largest absolute Gasteiger partial charge is 0.497 e. The Bertz CT molecular complexity index is 304. The van der Waals surface area contributed by atoms with Gasteiger partial charge in [0.25, 0.3) is 0 Å². The summed E-state index contributed by atoms with van der Waals surface area (Å²) < 4.78 is 23.1. The van der Waals surface area contributed by atoms with E-state index in [1.807, 2.05) is 0 Å². The molecule has 0 radical (unpaired) electrons. The first kappa shape index (κ1) is 8.23. The number of methoxy groups -OCH3 is 3. The quantitative estimate of drug-likeness (QED) is 0.669. The standard InChI is InChI=1S/C10H14O3/c1-7-5-8(11-2)10(13-4)9(6-7)12-3/h5H,1,6H2,2-4H3/i6D. The molecule has 1 aliphatic rings. The van der Waals surface area contributed by atoms with Crippen LogP contribution in [0.4, 0.5) is 0 Å². The van der Waals surface area contributed by atoms with E-state index in [1.165, 1.54) is 21.3 Å². The summed E-state index contributed by atoms with van der Waals surface area (Å²) in [4.78, 5) is 0. The third-order valence-electron chi connectivity index (χ3n) is 1.72. The Morgan fingerprint density at radius 1 is 1.31 bits per heavy atom. The van der Waals surface area contributed by atoms with E-state index in [4.69, 9.17) is 15.6 Å². The van der Waals surface area contributed by atoms with E-state index in [2.05, 4.69) is 6.58 Å². The van der Waals surface area contributed by atoms with Gasteiger partial charge in [-0.2, -0.15) is 0 Å². The van der Waals surface area contributed by atoms with Crippen LogP contribution in [0.1, 0.15) is 7.77 Å². The van der Waals surface area contributed by atoms with Crippen molar-refractivity contribution in [2.45, 2.75) is 6.40 Å². The second-order valence-corrected chi connectivity index (χ2v) is 2.53. The van der Waals surface area contributed by atoms with E-state index in [0.717, 1.165) is 0 Å². The summed E-state index contributed by atoms with van der Waals surface area (Å²) in [6, 6.07) is 0. The molecule has 1 aliphatic carbocycles. The number of ether oxygens (including phenoxy) is 3. The average molecular weight is 183 g/mol. The summed E-state index contributed by atoms with van der Waals surface area (Å²) >= 11 is 0. The van der Waals surface area contributed by atoms with Crippen LogP contribution in [0.5, 0.6) is 0 Å². The van der Waals surface area contributed by atoms with Crippen molar-refractivity contribution >= 4 is 0 Å². The maximum Gasteiger partial charge on any atom is 0.199 e. The van der Waals surface area contributed by atoms with Gasteiger partial charge < -0.3 is 14.2 Å². The molecule has 0 aromatic carbocycles. The topological polar surface area (TPSA) is 27.7 Å². The Morgan fingerprint density at radius 3 is 2.46 bits per heavy atom. The highest BCUT2D eigenvalue weighted by Crippen LogP contribution is 2.28. The Balaban J connectivity index is 3.17. The number of hydrogen-bond acceptors (Lipinski definition) is 3. The molecule has 0 aromatic heterocycles. The molecule has 0 saturated carbocycles. The highest BCUT2D eigenvalue weighted by molar-refractivity contribution is 5.38. The van der Waals surface area contributed by atoms with Crippen molar-refractivity contribution in [3.05, 3.63) is 35.5 Å². The van der Waals surface area contributed by atoms with E-state index in [0.29, 0.717) is 22.9 Å². The SMILES string of the molecule is [2H]C1C(=C)C=C(OC)C(OC)=C1OC. The fourth-order valence-corrected chi connectivity index (χ4v) is 1.14. The second kappa shape index (κ2) is 4.03. The average Bonchev–Trinajstić information content (AvgIpc) is 2.20. The van der Waals surface area contributed by atoms with Crippen LogP contribution in [-0.4, -0.2) is 21.3 Å². The van der Waals surface area contributed by atoms with Crippen molar-refractivity contribution in [3.8, 4) is 0 Å². The van der Waals surface area contributed by atoms with Gasteiger partial charge in [-0.1, -0.05) is 6.58 Å². The zero-order chi connectivity index (χ0) is 10.7. The number of allylic oxidation sites excluding steroid dienone is 2. The smallest absolute Gasteiger partial charge is 0.199 e. The third-order valence-corrected chi connectivity index (χ3v) is 1.72. The summed E-state index contributed by atoms with van der Waals surface area (Å²) in [5.74, 6) is 1.43. The van der Waals surface area contributed by atoms with Gasteiger partial charge in [0.1, 0.15) is 5.76 Å². The Kier molecular flexibility index (Phi) is 2.55. The molecule has 1 unspecified atom stereocenters. The minimum absolute atomic E-state index is 0.428. The molecule has 3 heteroatoms. The predicted molar refractivity (Wildman–Crippen MR) is 49.9 cm³/mol. The second-order valence-electron chi connectivity index (χ2n) is 2.53. The zero-order valence-corrected chi connectivity index (χ0v) is 8.09. The van der Waals surface area contributed by atoms with Crippen LogP contribution in [0.15, 0.2) is 35.5 Å². The molecule has 0 N–H and O–H groups in total. The first-order valence-corrected chi connectivity index (χ1v) is 3.85. The van der Waals surface area contributed by atoms with Gasteiger partial charge in [-0.15, -0.1) is 0 Å². The van der Waals surface area contributed by atoms with Crippen LogP contribution in [0.2, 0.25) is 0 Å². The monoisotopic (exact) mass is 183 g/mol. The van der Waals surface area contributed by atoms with Gasteiger partial charge >= 0.3 is 0 Å². The molecule has 13 heavy (non-hydrogen) atoms. The van der Waals surface area contributed by atoms with E-state index in [9.17, 15) is 0 Å². The third kappa shape index (κ3) is 1.86. The van der Waals surface area contributed by atoms with Crippen LogP contribution < -0.4 is 0 Å². The molecule has 0 aliphatic heterocycles. The molecule has 3 nitrogen and oxygen atoms in total. The Morgan fingerprint density at radius 2 is 2.00 bits per heavy atom. The van der Waals surface area contributed by atoms with Crippen LogP contribution in [0.25, 0.3) is 0 Å². The number of rotatable bonds is 3. The molecule has 0 bridgehead atoms. The lowest BCUT2D eigenvalue weighted by atomic mass is 10.1. The normalized spacial score (nSPS) is 23.6. The van der Waals surface area contributed by atoms with Crippen molar-refractivity contribution in [3.63, 3.8) is 0 Å². The lowest BCUT2D eigenvalue weighted by Gasteiger charge is -2.19. The van der Waals surface area contributed by atoms with Crippen LogP contribution in [-0.2, 0) is 14.2 Å². The summed E-state index contributed by atoms with van der Waals surface area (Å²) in [5, 5.41) is 0. The summed E-state index contributed by atoms with van der Waals surface area (Å²) in [6.45, 7) is 3.75. The first-order chi connectivity index (χ1) is 6.65. The van der Waals surface area contributed by atoms with Gasteiger partial charge in [0.15, 0.2) is 11.5 Å². The van der Waals surface area contributed by atoms with E-state index >= 15 is 0 Å². The van der Waals surface area contributed by atoms with Gasteiger partial charge in [0.05, 0.1) is 21.3 Å². The fraction of sp³-hybridized carbons (Fsp3) is 0.400. The highest BCUT2D eigenvalue weighted by Gasteiger charge is 2.19. The molecule has 0 amide bonds. The fourth-order valence-electron chi connectivity index (χ4n) is 1.14. The maximum absolute atomic E-state index is 7.77. The van der Waals surface area contributed by atoms with E-state index < -0.39 is 6.40 Å². The van der Waals surface area contributed by atoms with Crippen molar-refractivity contribution in [1.82, 2.24) is 0 Å². The van der Waals surface area contributed by atoms with E-state index in [1.54, 1.807) is 6.08 Å². The van der Waals surface area contributed by atoms with Gasteiger partial charge in [-0.05, 0) is 11.6 Å². The van der Waals surface area contributed by atoms with Crippen LogP contribution in [0.3, 0.4) is 0 Å². The van der Waals surface area contributed by atoms with Gasteiger partial charge in [-0.25, -0.2) is 0 Å². The van der Waals surface area contributed by atoms with Gasteiger partial charge in [0.2, 0.25) is 0 Å². The molecular formula is C10H14O3. The maximum atomic E-state index is 7.77. The molecule has 0 spiro atoms. The van der Waals surface area contributed by atoms with Crippen molar-refractivity contribution < 1.29 is 15.6 Å². The molecule has 0 saturated heterocycles. The van der Waals surface area contributed by atoms with Gasteiger partial charge in [-0.3, -0.25) is 0 Å². The Hall–Kier alpha value is -1.38. The Labute approximate surface area is 79.7 Å². The summed E-state index contributed by atoms with van der Waals surface area (Å²) in [7, 11) is 4.56. The van der Waals surface area contributed by atoms with Crippen molar-refractivity contribution in [2.75, 3.05) is 21.3 Å². The molecular weight excluding hydrogens is 168 g/mol. The lowest BCUT2D eigenvalue weighted by Crippen LogP contribution is -2.07. The van der Waals surface area contributed by atoms with Gasteiger partial charge in [0, 0.05) is 7.77 Å². The van der Waals surface area contributed by atoms with Crippen molar-refractivity contribution in [2.24, 2.45) is 0 Å². The summed E-state index contributed by atoms with van der Waals surface area (Å²) in [5.41, 5.74) is 0.625. The summed E-state index contributed by atoms with van der Waals surface area (Å²) in [6.07, 6.45) is 1.06. The molecule has 1 atom stereocenters. The molecule has 0 aromatic rings. The highest BCUT2D eigenvalue weighted by atomic mass is 16.5. The molecule has 0 fully saturated rings. The van der Waals surface area contributed by atoms with Crippen molar-refractivity contribution in [1.29, 1.82) is 0 Å². The minimum atomic E-state index is -0.617. The van der Waals surface area contributed by atoms with Crippen LogP contribution >= 0.6 is 0 Å². The van der Waals surface area contributed by atoms with Crippen LogP contribution in [0, 0.1) is 0 Å².